The zero-order valence-electron chi connectivity index (χ0n) is 13.9. The number of carboxylic acids is 1. The van der Waals surface area contributed by atoms with E-state index in [1.807, 2.05) is 30.3 Å². The van der Waals surface area contributed by atoms with Gasteiger partial charge in [0.25, 0.3) is 0 Å². The Hall–Kier alpha value is -3.93. The lowest BCUT2D eigenvalue weighted by molar-refractivity contribution is -0.255. The van der Waals surface area contributed by atoms with Gasteiger partial charge in [0.2, 0.25) is 0 Å². The summed E-state index contributed by atoms with van der Waals surface area (Å²) in [5.41, 5.74) is 2.30. The van der Waals surface area contributed by atoms with Gasteiger partial charge in [-0.1, -0.05) is 59.8 Å². The number of aromatic carboxylic acids is 1. The highest BCUT2D eigenvalue weighted by Gasteiger charge is 2.27. The van der Waals surface area contributed by atoms with Gasteiger partial charge in [-0.3, -0.25) is 0 Å². The molecule has 0 atom stereocenters. The molecule has 0 radical (unpaired) electrons. The van der Waals surface area contributed by atoms with E-state index in [2.05, 4.69) is 5.16 Å². The van der Waals surface area contributed by atoms with Crippen molar-refractivity contribution in [3.8, 4) is 11.3 Å². The van der Waals surface area contributed by atoms with E-state index in [1.54, 1.807) is 30.3 Å². The standard InChI is InChI=1S/C21H13NO5/c23-20(24)15-8-6-13(7-9-15)18-11-10-16(26-18)12-17-19(22-27-21(17)25)14-4-2-1-3-5-14/h1-12H,(H,23,24)/p-1/b17-12-. The maximum absolute atomic E-state index is 12.0. The van der Waals surface area contributed by atoms with E-state index in [9.17, 15) is 14.7 Å². The number of benzene rings is 2. The number of carbonyl (C=O) groups is 2. The topological polar surface area (TPSA) is 91.9 Å². The minimum Gasteiger partial charge on any atom is -0.545 e. The second-order valence-electron chi connectivity index (χ2n) is 5.81. The molecule has 0 bridgehead atoms. The van der Waals surface area contributed by atoms with Crippen LogP contribution in [0.15, 0.2) is 81.9 Å². The van der Waals surface area contributed by atoms with Gasteiger partial charge in [0.05, 0.1) is 11.5 Å². The lowest BCUT2D eigenvalue weighted by Gasteiger charge is -2.02. The third-order valence-corrected chi connectivity index (χ3v) is 4.06. The highest BCUT2D eigenvalue weighted by atomic mass is 16.7. The van der Waals surface area contributed by atoms with E-state index in [1.165, 1.54) is 12.1 Å². The third-order valence-electron chi connectivity index (χ3n) is 4.06. The van der Waals surface area contributed by atoms with E-state index in [0.717, 1.165) is 5.56 Å². The van der Waals surface area contributed by atoms with Crippen molar-refractivity contribution in [2.24, 2.45) is 5.16 Å². The number of furan rings is 1. The number of carbonyl (C=O) groups excluding carboxylic acids is 2. The van der Waals surface area contributed by atoms with E-state index in [4.69, 9.17) is 9.25 Å². The summed E-state index contributed by atoms with van der Waals surface area (Å²) in [7, 11) is 0. The molecule has 0 saturated heterocycles. The van der Waals surface area contributed by atoms with E-state index in [-0.39, 0.29) is 5.56 Å². The summed E-state index contributed by atoms with van der Waals surface area (Å²) < 4.78 is 5.76. The Morgan fingerprint density at radius 1 is 0.926 bits per heavy atom. The first kappa shape index (κ1) is 16.5. The van der Waals surface area contributed by atoms with Crippen LogP contribution in [0.5, 0.6) is 0 Å². The molecule has 2 heterocycles. The Morgan fingerprint density at radius 3 is 2.37 bits per heavy atom. The van der Waals surface area contributed by atoms with E-state index >= 15 is 0 Å². The first-order chi connectivity index (χ1) is 13.1. The first-order valence-electron chi connectivity index (χ1n) is 8.10. The van der Waals surface area contributed by atoms with Crippen molar-refractivity contribution in [3.63, 3.8) is 0 Å². The molecule has 0 aliphatic carbocycles. The predicted octanol–water partition coefficient (Wildman–Crippen LogP) is 2.65. The molecule has 2 aromatic carbocycles. The molecule has 6 nitrogen and oxygen atoms in total. The van der Waals surface area contributed by atoms with Crippen molar-refractivity contribution in [1.29, 1.82) is 0 Å². The van der Waals surface area contributed by atoms with Crippen LogP contribution in [-0.2, 0) is 9.63 Å². The van der Waals surface area contributed by atoms with Gasteiger partial charge in [-0.05, 0) is 23.8 Å². The van der Waals surface area contributed by atoms with Crippen molar-refractivity contribution in [1.82, 2.24) is 0 Å². The largest absolute Gasteiger partial charge is 0.545 e. The minimum absolute atomic E-state index is 0.0880. The molecule has 0 unspecified atom stereocenters. The van der Waals surface area contributed by atoms with Gasteiger partial charge in [-0.2, -0.15) is 0 Å². The summed E-state index contributed by atoms with van der Waals surface area (Å²) in [5, 5.41) is 14.7. The second-order valence-corrected chi connectivity index (χ2v) is 5.81. The van der Waals surface area contributed by atoms with Gasteiger partial charge >= 0.3 is 5.97 Å². The van der Waals surface area contributed by atoms with Gasteiger partial charge in [0, 0.05) is 11.1 Å². The predicted molar refractivity (Wildman–Crippen MR) is 95.5 cm³/mol. The molecular weight excluding hydrogens is 346 g/mol. The first-order valence-corrected chi connectivity index (χ1v) is 8.10. The zero-order valence-corrected chi connectivity index (χ0v) is 13.9. The highest BCUT2D eigenvalue weighted by Crippen LogP contribution is 2.26. The molecule has 0 N–H and O–H groups in total. The van der Waals surface area contributed by atoms with Gasteiger partial charge in [0.1, 0.15) is 17.2 Å². The fourth-order valence-electron chi connectivity index (χ4n) is 2.71. The summed E-state index contributed by atoms with van der Waals surface area (Å²) in [6, 6.07) is 18.8. The van der Waals surface area contributed by atoms with Crippen LogP contribution in [0.4, 0.5) is 0 Å². The van der Waals surface area contributed by atoms with Crippen molar-refractivity contribution < 1.29 is 24.0 Å². The lowest BCUT2D eigenvalue weighted by Crippen LogP contribution is -2.21. The number of hydrogen-bond donors (Lipinski definition) is 0. The SMILES string of the molecule is O=C1ON=C(c2ccccc2)/C1=C/c1ccc(-c2ccc(C(=O)[O-])cc2)o1. The molecule has 132 valence electrons. The molecule has 0 saturated carbocycles. The van der Waals surface area contributed by atoms with Gasteiger partial charge in [-0.25, -0.2) is 4.79 Å². The summed E-state index contributed by atoms with van der Waals surface area (Å²) in [4.78, 5) is 27.7. The molecular formula is C21H12NO5-. The van der Waals surface area contributed by atoms with Crippen LogP contribution in [0.3, 0.4) is 0 Å². The quantitative estimate of drug-likeness (QED) is 0.528. The molecule has 0 spiro atoms. The monoisotopic (exact) mass is 358 g/mol. The minimum atomic E-state index is -1.24. The molecule has 1 aliphatic heterocycles. The number of hydrogen-bond acceptors (Lipinski definition) is 6. The summed E-state index contributed by atoms with van der Waals surface area (Å²) in [5.74, 6) is -0.799. The van der Waals surface area contributed by atoms with Crippen molar-refractivity contribution in [3.05, 3.63) is 89.2 Å². The molecule has 3 aromatic rings. The molecule has 6 heteroatoms. The van der Waals surface area contributed by atoms with Crippen molar-refractivity contribution in [2.45, 2.75) is 0 Å². The highest BCUT2D eigenvalue weighted by molar-refractivity contribution is 6.31. The van der Waals surface area contributed by atoms with Crippen molar-refractivity contribution >= 4 is 23.7 Å². The van der Waals surface area contributed by atoms with Gasteiger partial charge in [-0.15, -0.1) is 0 Å². The Kier molecular flexibility index (Phi) is 4.14. The van der Waals surface area contributed by atoms with E-state index in [0.29, 0.717) is 28.4 Å². The molecule has 0 amide bonds. The van der Waals surface area contributed by atoms with Gasteiger partial charge in [0.15, 0.2) is 0 Å². The number of nitrogens with zero attached hydrogens (tertiary/aromatic N) is 1. The molecule has 1 aliphatic rings. The molecule has 27 heavy (non-hydrogen) atoms. The fraction of sp³-hybridized carbons (Fsp3) is 0. The smallest absolute Gasteiger partial charge is 0.368 e. The van der Waals surface area contributed by atoms with Crippen LogP contribution in [0.2, 0.25) is 0 Å². The van der Waals surface area contributed by atoms with Crippen LogP contribution in [0.1, 0.15) is 21.7 Å². The molecule has 4 rings (SSSR count). The average molecular weight is 358 g/mol. The number of rotatable bonds is 4. The van der Waals surface area contributed by atoms with Crippen LogP contribution in [-0.4, -0.2) is 17.7 Å². The molecule has 0 fully saturated rings. The maximum Gasteiger partial charge on any atom is 0.368 e. The second kappa shape index (κ2) is 6.76. The summed E-state index contributed by atoms with van der Waals surface area (Å²) >= 11 is 0. The van der Waals surface area contributed by atoms with Gasteiger partial charge < -0.3 is 19.2 Å². The Labute approximate surface area is 154 Å². The zero-order chi connectivity index (χ0) is 18.8. The van der Waals surface area contributed by atoms with Crippen LogP contribution in [0.25, 0.3) is 17.4 Å². The van der Waals surface area contributed by atoms with Crippen molar-refractivity contribution in [2.75, 3.05) is 0 Å². The summed E-state index contributed by atoms with van der Waals surface area (Å²) in [6.45, 7) is 0. The lowest BCUT2D eigenvalue weighted by atomic mass is 10.0. The van der Waals surface area contributed by atoms with Crippen LogP contribution >= 0.6 is 0 Å². The van der Waals surface area contributed by atoms with E-state index < -0.39 is 11.9 Å². The maximum atomic E-state index is 12.0. The Bertz CT molecular complexity index is 1080. The Balaban J connectivity index is 1.64. The average Bonchev–Trinajstić information content (AvgIpc) is 3.30. The normalized spacial score (nSPS) is 14.9. The summed E-state index contributed by atoms with van der Waals surface area (Å²) in [6.07, 6.45) is 1.57. The Morgan fingerprint density at radius 2 is 1.67 bits per heavy atom. The third kappa shape index (κ3) is 3.28. The van der Waals surface area contributed by atoms with Crippen LogP contribution < -0.4 is 5.11 Å². The van der Waals surface area contributed by atoms with Crippen LogP contribution in [0, 0.1) is 0 Å². The fourth-order valence-corrected chi connectivity index (χ4v) is 2.71. The molecule has 1 aromatic heterocycles. The number of oxime groups is 1. The number of carboxylic acid groups (broad SMARTS) is 1.